The number of benzene rings is 1. The van der Waals surface area contributed by atoms with Crippen molar-refractivity contribution in [1.29, 1.82) is 0 Å². The van der Waals surface area contributed by atoms with Crippen molar-refractivity contribution < 1.29 is 9.53 Å². The number of halogens is 1. The number of hydrogen-bond donors (Lipinski definition) is 0. The first kappa shape index (κ1) is 16.6. The maximum Gasteiger partial charge on any atom is 0.202 e. The fraction of sp³-hybridized carbons (Fsp3) is 0.389. The standard InChI is InChI=1S/C18H22ClNO2/c1-11(2)20-13(4)9-15(14(20)5)17(21)10-22-18-8-12(3)6-7-16(18)19/h6-9,11H,10H2,1-5H3. The molecule has 0 unspecified atom stereocenters. The van der Waals surface area contributed by atoms with Crippen LogP contribution in [-0.4, -0.2) is 17.0 Å². The topological polar surface area (TPSA) is 31.2 Å². The maximum absolute atomic E-state index is 12.4. The van der Waals surface area contributed by atoms with Crippen LogP contribution in [-0.2, 0) is 0 Å². The van der Waals surface area contributed by atoms with E-state index in [1.165, 1.54) is 0 Å². The van der Waals surface area contributed by atoms with E-state index >= 15 is 0 Å². The Morgan fingerprint density at radius 2 is 1.91 bits per heavy atom. The number of hydrogen-bond acceptors (Lipinski definition) is 2. The SMILES string of the molecule is Cc1ccc(Cl)c(OCC(=O)c2cc(C)n(C(C)C)c2C)c1. The summed E-state index contributed by atoms with van der Waals surface area (Å²) >= 11 is 6.09. The van der Waals surface area contributed by atoms with E-state index in [0.717, 1.165) is 22.5 Å². The van der Waals surface area contributed by atoms with Gasteiger partial charge in [-0.1, -0.05) is 17.7 Å². The Kier molecular flexibility index (Phi) is 4.97. The molecule has 0 N–H and O–H groups in total. The number of aromatic nitrogens is 1. The highest BCUT2D eigenvalue weighted by molar-refractivity contribution is 6.32. The van der Waals surface area contributed by atoms with Crippen molar-refractivity contribution in [2.45, 2.75) is 40.7 Å². The van der Waals surface area contributed by atoms with E-state index in [-0.39, 0.29) is 12.4 Å². The van der Waals surface area contributed by atoms with Gasteiger partial charge in [0.05, 0.1) is 5.02 Å². The van der Waals surface area contributed by atoms with Gasteiger partial charge in [0.2, 0.25) is 5.78 Å². The summed E-state index contributed by atoms with van der Waals surface area (Å²) in [5.74, 6) is 0.519. The van der Waals surface area contributed by atoms with E-state index < -0.39 is 0 Å². The lowest BCUT2D eigenvalue weighted by molar-refractivity contribution is 0.0921. The van der Waals surface area contributed by atoms with Crippen LogP contribution < -0.4 is 4.74 Å². The Morgan fingerprint density at radius 3 is 2.50 bits per heavy atom. The zero-order chi connectivity index (χ0) is 16.4. The van der Waals surface area contributed by atoms with Crippen LogP contribution in [0.4, 0.5) is 0 Å². The number of carbonyl (C=O) groups is 1. The highest BCUT2D eigenvalue weighted by atomic mass is 35.5. The van der Waals surface area contributed by atoms with Crippen molar-refractivity contribution in [1.82, 2.24) is 4.57 Å². The first-order chi connectivity index (χ1) is 10.3. The molecule has 1 aromatic heterocycles. The average molecular weight is 320 g/mol. The van der Waals surface area contributed by atoms with Gasteiger partial charge in [0.15, 0.2) is 6.61 Å². The second-order valence-corrected chi connectivity index (χ2v) is 6.30. The number of Topliss-reactive ketones (excluding diaryl/α,β-unsaturated/α-hetero) is 1. The summed E-state index contributed by atoms with van der Waals surface area (Å²) in [6.07, 6.45) is 0. The van der Waals surface area contributed by atoms with Crippen LogP contribution in [0, 0.1) is 20.8 Å². The predicted molar refractivity (Wildman–Crippen MR) is 90.3 cm³/mol. The molecule has 0 bridgehead atoms. The van der Waals surface area contributed by atoms with Crippen LogP contribution in [0.5, 0.6) is 5.75 Å². The first-order valence-corrected chi connectivity index (χ1v) is 7.79. The predicted octanol–water partition coefficient (Wildman–Crippen LogP) is 4.91. The number of carbonyl (C=O) groups excluding carboxylic acids is 1. The summed E-state index contributed by atoms with van der Waals surface area (Å²) in [5, 5.41) is 0.519. The Hall–Kier alpha value is -1.74. The lowest BCUT2D eigenvalue weighted by Crippen LogP contribution is -2.13. The number of rotatable bonds is 5. The van der Waals surface area contributed by atoms with E-state index in [1.54, 1.807) is 6.07 Å². The van der Waals surface area contributed by atoms with Crippen LogP contribution in [0.3, 0.4) is 0 Å². The summed E-state index contributed by atoms with van der Waals surface area (Å²) < 4.78 is 7.77. The van der Waals surface area contributed by atoms with E-state index in [9.17, 15) is 4.79 Å². The molecule has 4 heteroatoms. The lowest BCUT2D eigenvalue weighted by Gasteiger charge is -2.13. The van der Waals surface area contributed by atoms with Gasteiger partial charge in [-0.25, -0.2) is 0 Å². The summed E-state index contributed by atoms with van der Waals surface area (Å²) in [4.78, 5) is 12.4. The molecule has 2 rings (SSSR count). The minimum atomic E-state index is -0.0300. The molecule has 0 aliphatic heterocycles. The molecule has 0 radical (unpaired) electrons. The van der Waals surface area contributed by atoms with Gasteiger partial charge in [0.25, 0.3) is 0 Å². The molecule has 0 fully saturated rings. The summed E-state index contributed by atoms with van der Waals surface area (Å²) in [7, 11) is 0. The third-order valence-corrected chi connectivity index (χ3v) is 4.06. The molecule has 22 heavy (non-hydrogen) atoms. The Balaban J connectivity index is 2.16. The van der Waals surface area contributed by atoms with Gasteiger partial charge in [-0.15, -0.1) is 0 Å². The lowest BCUT2D eigenvalue weighted by atomic mass is 10.1. The van der Waals surface area contributed by atoms with Gasteiger partial charge in [-0.2, -0.15) is 0 Å². The quantitative estimate of drug-likeness (QED) is 0.733. The molecule has 0 spiro atoms. The number of nitrogens with zero attached hydrogens (tertiary/aromatic N) is 1. The molecule has 0 atom stereocenters. The van der Waals surface area contributed by atoms with Gasteiger partial charge in [-0.05, 0) is 58.4 Å². The second kappa shape index (κ2) is 6.57. The van der Waals surface area contributed by atoms with Crippen molar-refractivity contribution in [2.24, 2.45) is 0 Å². The molecule has 0 saturated heterocycles. The zero-order valence-corrected chi connectivity index (χ0v) is 14.5. The smallest absolute Gasteiger partial charge is 0.202 e. The third-order valence-electron chi connectivity index (χ3n) is 3.75. The maximum atomic E-state index is 12.4. The highest BCUT2D eigenvalue weighted by Gasteiger charge is 2.17. The summed E-state index contributed by atoms with van der Waals surface area (Å²) in [6, 6.07) is 7.79. The molecule has 0 aliphatic carbocycles. The fourth-order valence-corrected chi connectivity index (χ4v) is 2.97. The molecular formula is C18H22ClNO2. The van der Waals surface area contributed by atoms with E-state index in [1.807, 2.05) is 39.0 Å². The molecule has 2 aromatic rings. The number of aryl methyl sites for hydroxylation is 2. The normalized spacial score (nSPS) is 11.0. The molecule has 0 saturated carbocycles. The summed E-state index contributed by atoms with van der Waals surface area (Å²) in [5.41, 5.74) is 3.83. The largest absolute Gasteiger partial charge is 0.484 e. The van der Waals surface area contributed by atoms with Crippen molar-refractivity contribution in [3.05, 3.63) is 51.8 Å². The summed E-state index contributed by atoms with van der Waals surface area (Å²) in [6.45, 7) is 10.2. The minimum Gasteiger partial charge on any atom is -0.484 e. The van der Waals surface area contributed by atoms with Crippen LogP contribution in [0.1, 0.15) is 47.2 Å². The Labute approximate surface area is 136 Å². The highest BCUT2D eigenvalue weighted by Crippen LogP contribution is 2.26. The number of ketones is 1. The molecule has 0 aliphatic rings. The molecule has 1 heterocycles. The number of ether oxygens (including phenoxy) is 1. The van der Waals surface area contributed by atoms with Gasteiger partial charge in [-0.3, -0.25) is 4.79 Å². The molecule has 118 valence electrons. The molecule has 3 nitrogen and oxygen atoms in total. The first-order valence-electron chi connectivity index (χ1n) is 7.41. The van der Waals surface area contributed by atoms with Crippen molar-refractivity contribution >= 4 is 17.4 Å². The molecule has 0 amide bonds. The Bertz CT molecular complexity index is 701. The van der Waals surface area contributed by atoms with Crippen LogP contribution >= 0.6 is 11.6 Å². The second-order valence-electron chi connectivity index (χ2n) is 5.89. The Morgan fingerprint density at radius 1 is 1.23 bits per heavy atom. The van der Waals surface area contributed by atoms with Gasteiger partial charge in [0, 0.05) is 23.0 Å². The third kappa shape index (κ3) is 3.36. The zero-order valence-electron chi connectivity index (χ0n) is 13.7. The van der Waals surface area contributed by atoms with Crippen molar-refractivity contribution in [3.8, 4) is 5.75 Å². The van der Waals surface area contributed by atoms with Crippen molar-refractivity contribution in [2.75, 3.05) is 6.61 Å². The average Bonchev–Trinajstić information content (AvgIpc) is 2.74. The van der Waals surface area contributed by atoms with E-state index in [4.69, 9.17) is 16.3 Å². The van der Waals surface area contributed by atoms with Crippen LogP contribution in [0.25, 0.3) is 0 Å². The van der Waals surface area contributed by atoms with E-state index in [0.29, 0.717) is 16.8 Å². The van der Waals surface area contributed by atoms with Crippen LogP contribution in [0.2, 0.25) is 5.02 Å². The van der Waals surface area contributed by atoms with Crippen LogP contribution in [0.15, 0.2) is 24.3 Å². The van der Waals surface area contributed by atoms with Crippen molar-refractivity contribution in [3.63, 3.8) is 0 Å². The fourth-order valence-electron chi connectivity index (χ4n) is 2.80. The molecule has 1 aromatic carbocycles. The minimum absolute atomic E-state index is 0.00837. The van der Waals surface area contributed by atoms with Gasteiger partial charge < -0.3 is 9.30 Å². The van der Waals surface area contributed by atoms with Gasteiger partial charge >= 0.3 is 0 Å². The molecular weight excluding hydrogens is 298 g/mol. The van der Waals surface area contributed by atoms with E-state index in [2.05, 4.69) is 18.4 Å². The van der Waals surface area contributed by atoms with Gasteiger partial charge in [0.1, 0.15) is 5.75 Å². The monoisotopic (exact) mass is 319 g/mol.